The van der Waals surface area contributed by atoms with Crippen LogP contribution in [0.5, 0.6) is 0 Å². The highest BCUT2D eigenvalue weighted by molar-refractivity contribution is 6.35. The summed E-state index contributed by atoms with van der Waals surface area (Å²) >= 11 is 6.27. The molecular formula is C19H15ClFN3O3. The third kappa shape index (κ3) is 3.89. The summed E-state index contributed by atoms with van der Waals surface area (Å²) in [5.74, 6) is -0.846. The number of fused-ring (bicyclic) bond motifs is 3. The number of aliphatic carboxylic acids is 1. The summed E-state index contributed by atoms with van der Waals surface area (Å²) in [6.07, 6.45) is 2.12. The van der Waals surface area contributed by atoms with E-state index < -0.39 is 12.2 Å². The molecule has 0 saturated carbocycles. The lowest BCUT2D eigenvalue weighted by atomic mass is 10.00. The van der Waals surface area contributed by atoms with Crippen molar-refractivity contribution in [3.63, 3.8) is 0 Å². The first-order valence-corrected chi connectivity index (χ1v) is 8.30. The van der Waals surface area contributed by atoms with Crippen molar-refractivity contribution in [2.45, 2.75) is 13.2 Å². The lowest BCUT2D eigenvalue weighted by Gasteiger charge is -2.12. The van der Waals surface area contributed by atoms with E-state index in [1.54, 1.807) is 41.2 Å². The minimum Gasteiger partial charge on any atom is -0.481 e. The molecule has 2 heterocycles. The molecule has 0 aliphatic carbocycles. The maximum Gasteiger partial charge on any atom is 0.300 e. The predicted octanol–water partition coefficient (Wildman–Crippen LogP) is 3.60. The van der Waals surface area contributed by atoms with Crippen molar-refractivity contribution < 1.29 is 19.4 Å². The molecule has 1 atom stereocenters. The van der Waals surface area contributed by atoms with Gasteiger partial charge < -0.3 is 10.2 Å². The van der Waals surface area contributed by atoms with E-state index in [0.29, 0.717) is 33.4 Å². The van der Waals surface area contributed by atoms with Gasteiger partial charge in [-0.3, -0.25) is 9.36 Å². The minimum absolute atomic E-state index is 0.375. The van der Waals surface area contributed by atoms with Crippen molar-refractivity contribution in [1.29, 1.82) is 0 Å². The van der Waals surface area contributed by atoms with E-state index in [2.05, 4.69) is 9.98 Å². The number of benzene rings is 2. The van der Waals surface area contributed by atoms with E-state index in [9.17, 15) is 9.50 Å². The fourth-order valence-electron chi connectivity index (χ4n) is 2.74. The number of halogens is 2. The van der Waals surface area contributed by atoms with Crippen LogP contribution >= 0.6 is 11.6 Å². The highest BCUT2D eigenvalue weighted by atomic mass is 35.5. The van der Waals surface area contributed by atoms with Gasteiger partial charge in [-0.1, -0.05) is 29.8 Å². The third-order valence-electron chi connectivity index (χ3n) is 3.75. The van der Waals surface area contributed by atoms with Crippen LogP contribution in [-0.4, -0.2) is 31.4 Å². The van der Waals surface area contributed by atoms with Gasteiger partial charge in [0.15, 0.2) is 5.82 Å². The molecule has 0 bridgehead atoms. The number of carbonyl (C=O) groups is 1. The molecule has 1 unspecified atom stereocenters. The zero-order chi connectivity index (χ0) is 19.6. The summed E-state index contributed by atoms with van der Waals surface area (Å²) in [6.45, 7) is 1.08. The minimum atomic E-state index is -1.16. The fourth-order valence-corrected chi connectivity index (χ4v) is 2.96. The molecule has 0 amide bonds. The Hall–Kier alpha value is -3.03. The van der Waals surface area contributed by atoms with Crippen LogP contribution in [0.4, 0.5) is 4.39 Å². The molecule has 27 heavy (non-hydrogen) atoms. The normalized spacial score (nSPS) is 14.8. The molecule has 0 radical (unpaired) electrons. The molecule has 0 saturated heterocycles. The molecule has 3 aromatic rings. The van der Waals surface area contributed by atoms with Gasteiger partial charge in [0, 0.05) is 35.5 Å². The number of nitrogens with zero attached hydrogens (tertiary/aromatic N) is 3. The Morgan fingerprint density at radius 1 is 1.22 bits per heavy atom. The van der Waals surface area contributed by atoms with Crippen LogP contribution in [0.15, 0.2) is 59.9 Å². The molecule has 6 nitrogen and oxygen atoms in total. The van der Waals surface area contributed by atoms with Gasteiger partial charge in [-0.05, 0) is 24.3 Å². The van der Waals surface area contributed by atoms with Crippen LogP contribution in [0.25, 0.3) is 5.69 Å². The van der Waals surface area contributed by atoms with E-state index in [4.69, 9.17) is 21.5 Å². The van der Waals surface area contributed by atoms with Crippen LogP contribution in [0.1, 0.15) is 30.1 Å². The molecule has 1 aromatic heterocycles. The maximum absolute atomic E-state index is 13.8. The van der Waals surface area contributed by atoms with Gasteiger partial charge in [-0.2, -0.15) is 0 Å². The van der Waals surface area contributed by atoms with Gasteiger partial charge in [0.2, 0.25) is 6.23 Å². The number of hydrogen-bond acceptors (Lipinski definition) is 4. The van der Waals surface area contributed by atoms with E-state index in [1.807, 2.05) is 6.07 Å². The van der Waals surface area contributed by atoms with Crippen molar-refractivity contribution in [3.05, 3.63) is 82.6 Å². The molecule has 0 spiro atoms. The second-order valence-electron chi connectivity index (χ2n) is 5.67. The Morgan fingerprint density at radius 3 is 2.63 bits per heavy atom. The number of rotatable bonds is 1. The first-order valence-electron chi connectivity index (χ1n) is 7.92. The molecule has 0 fully saturated rings. The molecule has 4 rings (SSSR count). The predicted molar refractivity (Wildman–Crippen MR) is 98.9 cm³/mol. The smallest absolute Gasteiger partial charge is 0.300 e. The van der Waals surface area contributed by atoms with Gasteiger partial charge in [0.1, 0.15) is 5.82 Å². The average molecular weight is 388 g/mol. The first kappa shape index (κ1) is 18.8. The summed E-state index contributed by atoms with van der Waals surface area (Å²) in [5, 5.41) is 18.3. The number of carboxylic acid groups (broad SMARTS) is 1. The molecule has 2 aromatic carbocycles. The Labute approximate surface area is 159 Å². The third-order valence-corrected chi connectivity index (χ3v) is 4.08. The molecule has 138 valence electrons. The summed E-state index contributed by atoms with van der Waals surface area (Å²) < 4.78 is 15.5. The first-order chi connectivity index (χ1) is 12.9. The van der Waals surface area contributed by atoms with Crippen molar-refractivity contribution in [2.75, 3.05) is 0 Å². The average Bonchev–Trinajstić information content (AvgIpc) is 3.06. The topological polar surface area (TPSA) is 87.7 Å². The molecule has 2 N–H and O–H groups in total. The van der Waals surface area contributed by atoms with Crippen LogP contribution in [0.2, 0.25) is 5.02 Å². The quantitative estimate of drug-likeness (QED) is 0.667. The van der Waals surface area contributed by atoms with Gasteiger partial charge in [-0.15, -0.1) is 0 Å². The van der Waals surface area contributed by atoms with Crippen molar-refractivity contribution in [1.82, 2.24) is 9.55 Å². The number of aliphatic hydroxyl groups is 1. The summed E-state index contributed by atoms with van der Waals surface area (Å²) in [7, 11) is 0. The van der Waals surface area contributed by atoms with Crippen molar-refractivity contribution in [3.8, 4) is 5.69 Å². The highest BCUT2D eigenvalue weighted by Crippen LogP contribution is 2.31. The maximum atomic E-state index is 13.8. The standard InChI is InChI=1S/C17H11ClFN3O.C2H4O2/c18-13-4-2-1-3-11(13)15-12-9-10(19)5-6-14(12)22-8-7-20-16(22)17(23)21-15;1-2(3)4/h1-9,17,23H;1H3,(H,3,4). The number of hydrogen-bond donors (Lipinski definition) is 2. The molecule has 8 heteroatoms. The zero-order valence-electron chi connectivity index (χ0n) is 14.2. The Bertz CT molecular complexity index is 1030. The second-order valence-corrected chi connectivity index (χ2v) is 6.07. The summed E-state index contributed by atoms with van der Waals surface area (Å²) in [4.78, 5) is 17.5. The number of imidazole rings is 1. The lowest BCUT2D eigenvalue weighted by molar-refractivity contribution is -0.134. The van der Waals surface area contributed by atoms with Crippen molar-refractivity contribution >= 4 is 23.3 Å². The number of aliphatic hydroxyl groups excluding tert-OH is 1. The second kappa shape index (κ2) is 7.69. The van der Waals surface area contributed by atoms with Crippen LogP contribution in [-0.2, 0) is 4.79 Å². The van der Waals surface area contributed by atoms with Gasteiger partial charge in [-0.25, -0.2) is 14.4 Å². The van der Waals surface area contributed by atoms with E-state index in [1.165, 1.54) is 12.1 Å². The lowest BCUT2D eigenvalue weighted by Crippen LogP contribution is -2.08. The number of carboxylic acids is 1. The van der Waals surface area contributed by atoms with E-state index >= 15 is 0 Å². The highest BCUT2D eigenvalue weighted by Gasteiger charge is 2.25. The fraction of sp³-hybridized carbons (Fsp3) is 0.105. The van der Waals surface area contributed by atoms with Gasteiger partial charge in [0.25, 0.3) is 5.97 Å². The molecule has 1 aliphatic heterocycles. The monoisotopic (exact) mass is 387 g/mol. The van der Waals surface area contributed by atoms with Gasteiger partial charge >= 0.3 is 0 Å². The summed E-state index contributed by atoms with van der Waals surface area (Å²) in [5.41, 5.74) is 2.30. The van der Waals surface area contributed by atoms with E-state index in [0.717, 1.165) is 6.92 Å². The Morgan fingerprint density at radius 2 is 1.93 bits per heavy atom. The molecular weight excluding hydrogens is 373 g/mol. The van der Waals surface area contributed by atoms with Crippen LogP contribution in [0.3, 0.4) is 0 Å². The van der Waals surface area contributed by atoms with Gasteiger partial charge in [0.05, 0.1) is 11.4 Å². The molecule has 1 aliphatic rings. The van der Waals surface area contributed by atoms with Crippen molar-refractivity contribution in [2.24, 2.45) is 4.99 Å². The number of aromatic nitrogens is 2. The zero-order valence-corrected chi connectivity index (χ0v) is 14.9. The largest absolute Gasteiger partial charge is 0.481 e. The van der Waals surface area contributed by atoms with E-state index in [-0.39, 0.29) is 5.82 Å². The Balaban J connectivity index is 0.000000481. The Kier molecular flexibility index (Phi) is 5.34. The number of aliphatic imine (C=N–C) groups is 1. The summed E-state index contributed by atoms with van der Waals surface area (Å²) in [6, 6.07) is 11.5. The SMILES string of the molecule is CC(=O)O.OC1N=C(c2ccccc2Cl)c2cc(F)ccc2-n2ccnc21. The van der Waals surface area contributed by atoms with Crippen LogP contribution < -0.4 is 0 Å². The van der Waals surface area contributed by atoms with Crippen LogP contribution in [0, 0.1) is 5.82 Å².